The van der Waals surface area contributed by atoms with Gasteiger partial charge in [0, 0.05) is 11.1 Å². The first kappa shape index (κ1) is 27.7. The standard InChI is InChI=1S/C23H26ClF6NOS/c1-11(2)14-7-16(12(3)4)21(17(8-14)13(5)6)33(32)31-19-10-15(22(25,26)27)9-18(20(19)24)23(28,29)30/h7-13,31H,1-6H3. The zero-order valence-corrected chi connectivity index (χ0v) is 20.6. The first-order chi connectivity index (χ1) is 14.9. The molecule has 184 valence electrons. The molecule has 0 saturated heterocycles. The third kappa shape index (κ3) is 6.31. The van der Waals surface area contributed by atoms with Gasteiger partial charge in [0.25, 0.3) is 0 Å². The van der Waals surface area contributed by atoms with Crippen molar-refractivity contribution < 1.29 is 30.9 Å². The highest BCUT2D eigenvalue weighted by Crippen LogP contribution is 2.44. The van der Waals surface area contributed by atoms with E-state index in [0.717, 1.165) is 5.56 Å². The minimum Gasteiger partial charge on any atom is -0.588 e. The molecule has 0 aliphatic rings. The van der Waals surface area contributed by atoms with Crippen LogP contribution in [0.1, 0.15) is 87.1 Å². The van der Waals surface area contributed by atoms with Crippen LogP contribution in [0.2, 0.25) is 5.02 Å². The Kier molecular flexibility index (Phi) is 8.35. The molecule has 33 heavy (non-hydrogen) atoms. The molecule has 1 atom stereocenters. The average molecular weight is 514 g/mol. The monoisotopic (exact) mass is 513 g/mol. The second-order valence-electron chi connectivity index (χ2n) is 8.74. The summed E-state index contributed by atoms with van der Waals surface area (Å²) >= 11 is 3.66. The summed E-state index contributed by atoms with van der Waals surface area (Å²) in [6.07, 6.45) is -10.2. The van der Waals surface area contributed by atoms with E-state index >= 15 is 0 Å². The van der Waals surface area contributed by atoms with Crippen molar-refractivity contribution in [3.63, 3.8) is 0 Å². The molecule has 2 nitrogen and oxygen atoms in total. The van der Waals surface area contributed by atoms with Crippen LogP contribution in [0.25, 0.3) is 0 Å². The van der Waals surface area contributed by atoms with E-state index < -0.39 is 45.6 Å². The van der Waals surface area contributed by atoms with Gasteiger partial charge in [0.1, 0.15) is 17.0 Å². The smallest absolute Gasteiger partial charge is 0.417 e. The van der Waals surface area contributed by atoms with Crippen molar-refractivity contribution in [2.45, 2.75) is 76.5 Å². The van der Waals surface area contributed by atoms with E-state index in [-0.39, 0.29) is 23.8 Å². The normalized spacial score (nSPS) is 13.8. The van der Waals surface area contributed by atoms with E-state index in [0.29, 0.717) is 22.1 Å². The Labute approximate surface area is 198 Å². The predicted molar refractivity (Wildman–Crippen MR) is 120 cm³/mol. The van der Waals surface area contributed by atoms with Gasteiger partial charge in [-0.2, -0.15) is 26.3 Å². The Morgan fingerprint density at radius 2 is 1.27 bits per heavy atom. The summed E-state index contributed by atoms with van der Waals surface area (Å²) in [6, 6.07) is 4.16. The summed E-state index contributed by atoms with van der Waals surface area (Å²) in [4.78, 5) is 0.339. The van der Waals surface area contributed by atoms with Crippen molar-refractivity contribution in [1.29, 1.82) is 0 Å². The largest absolute Gasteiger partial charge is 0.588 e. The first-order valence-corrected chi connectivity index (χ1v) is 11.8. The lowest BCUT2D eigenvalue weighted by Gasteiger charge is -2.24. The van der Waals surface area contributed by atoms with Crippen molar-refractivity contribution >= 4 is 28.7 Å². The number of halogens is 7. The fourth-order valence-electron chi connectivity index (χ4n) is 3.32. The zero-order chi connectivity index (χ0) is 25.5. The number of nitrogens with one attached hydrogen (secondary N) is 1. The third-order valence-corrected chi connectivity index (χ3v) is 6.83. The van der Waals surface area contributed by atoms with Crippen LogP contribution >= 0.6 is 11.6 Å². The molecule has 0 aromatic heterocycles. The lowest BCUT2D eigenvalue weighted by atomic mass is 9.89. The van der Waals surface area contributed by atoms with Crippen molar-refractivity contribution in [3.8, 4) is 0 Å². The molecule has 0 aliphatic heterocycles. The highest BCUT2D eigenvalue weighted by atomic mass is 35.5. The highest BCUT2D eigenvalue weighted by Gasteiger charge is 2.40. The van der Waals surface area contributed by atoms with E-state index in [1.54, 1.807) is 0 Å². The van der Waals surface area contributed by atoms with Gasteiger partial charge < -0.3 is 4.55 Å². The molecule has 2 rings (SSSR count). The van der Waals surface area contributed by atoms with E-state index in [9.17, 15) is 30.9 Å². The summed E-state index contributed by atoms with van der Waals surface area (Å²) in [5.41, 5.74) is -1.48. The maximum Gasteiger partial charge on any atom is 0.417 e. The van der Waals surface area contributed by atoms with Crippen molar-refractivity contribution in [2.75, 3.05) is 4.72 Å². The van der Waals surface area contributed by atoms with Crippen LogP contribution in [-0.4, -0.2) is 4.55 Å². The van der Waals surface area contributed by atoms with Gasteiger partial charge in [-0.05, 0) is 35.4 Å². The quantitative estimate of drug-likeness (QED) is 0.309. The molecule has 0 bridgehead atoms. The Morgan fingerprint density at radius 3 is 1.64 bits per heavy atom. The minimum absolute atomic E-state index is 0.0487. The molecule has 1 unspecified atom stereocenters. The molecule has 0 aliphatic carbocycles. The van der Waals surface area contributed by atoms with Gasteiger partial charge >= 0.3 is 12.4 Å². The van der Waals surface area contributed by atoms with Crippen LogP contribution in [0.15, 0.2) is 29.2 Å². The summed E-state index contributed by atoms with van der Waals surface area (Å²) in [5.74, 6) is -0.0166. The SMILES string of the molecule is CC(C)c1cc(C(C)C)c([S+]([O-])Nc2cc(C(F)(F)F)cc(C(F)(F)F)c2Cl)c(C(C)C)c1. The molecule has 0 saturated carbocycles. The maximum absolute atomic E-state index is 13.4. The number of benzene rings is 2. The van der Waals surface area contributed by atoms with E-state index in [1.165, 1.54) is 0 Å². The summed E-state index contributed by atoms with van der Waals surface area (Å²) < 4.78 is 95.6. The Hall–Kier alpha value is -1.58. The second kappa shape index (κ2) is 9.96. The lowest BCUT2D eigenvalue weighted by molar-refractivity contribution is -0.142. The van der Waals surface area contributed by atoms with Crippen LogP contribution in [0, 0.1) is 0 Å². The van der Waals surface area contributed by atoms with Gasteiger partial charge in [0.2, 0.25) is 0 Å². The molecule has 0 fully saturated rings. The summed E-state index contributed by atoms with van der Waals surface area (Å²) in [6.45, 7) is 11.5. The second-order valence-corrected chi connectivity index (χ2v) is 10.3. The van der Waals surface area contributed by atoms with E-state index in [1.807, 2.05) is 53.7 Å². The highest BCUT2D eigenvalue weighted by molar-refractivity contribution is 7.92. The fourth-order valence-corrected chi connectivity index (χ4v) is 5.12. The van der Waals surface area contributed by atoms with Crippen LogP contribution in [0.3, 0.4) is 0 Å². The Bertz CT molecular complexity index is 973. The topological polar surface area (TPSA) is 35.1 Å². The number of hydrogen-bond donors (Lipinski definition) is 1. The van der Waals surface area contributed by atoms with Crippen molar-refractivity contribution in [3.05, 3.63) is 57.1 Å². The molecule has 0 amide bonds. The van der Waals surface area contributed by atoms with Gasteiger partial charge in [0.15, 0.2) is 4.90 Å². The first-order valence-electron chi connectivity index (χ1n) is 10.3. The number of alkyl halides is 6. The van der Waals surface area contributed by atoms with Crippen LogP contribution in [0.4, 0.5) is 32.0 Å². The van der Waals surface area contributed by atoms with Gasteiger partial charge in [-0.1, -0.05) is 65.3 Å². The van der Waals surface area contributed by atoms with E-state index in [2.05, 4.69) is 4.72 Å². The van der Waals surface area contributed by atoms with Crippen LogP contribution in [0.5, 0.6) is 0 Å². The van der Waals surface area contributed by atoms with Crippen LogP contribution in [-0.2, 0) is 23.7 Å². The molecular weight excluding hydrogens is 488 g/mol. The molecule has 2 aromatic rings. The number of anilines is 1. The van der Waals surface area contributed by atoms with Gasteiger partial charge in [-0.3, -0.25) is 0 Å². The molecule has 2 aromatic carbocycles. The Morgan fingerprint density at radius 1 is 0.788 bits per heavy atom. The molecule has 10 heteroatoms. The molecular formula is C23H26ClF6NOS. The van der Waals surface area contributed by atoms with Gasteiger partial charge in [-0.25, -0.2) is 4.72 Å². The molecule has 0 spiro atoms. The van der Waals surface area contributed by atoms with Crippen molar-refractivity contribution in [1.82, 2.24) is 0 Å². The number of rotatable bonds is 6. The van der Waals surface area contributed by atoms with Crippen LogP contribution < -0.4 is 4.72 Å². The molecule has 0 radical (unpaired) electrons. The summed E-state index contributed by atoms with van der Waals surface area (Å²) in [7, 11) is 0. The maximum atomic E-state index is 13.4. The predicted octanol–water partition coefficient (Wildman–Crippen LogP) is 8.88. The molecule has 0 heterocycles. The molecule has 1 N–H and O–H groups in total. The number of hydrogen-bond acceptors (Lipinski definition) is 2. The third-order valence-electron chi connectivity index (χ3n) is 5.17. The fraction of sp³-hybridized carbons (Fsp3) is 0.478. The zero-order valence-electron chi connectivity index (χ0n) is 19.0. The Balaban J connectivity index is 2.71. The summed E-state index contributed by atoms with van der Waals surface area (Å²) in [5, 5.41) is -0.972. The average Bonchev–Trinajstić information content (AvgIpc) is 2.66. The van der Waals surface area contributed by atoms with Gasteiger partial charge in [-0.15, -0.1) is 0 Å². The van der Waals surface area contributed by atoms with E-state index in [4.69, 9.17) is 11.6 Å². The minimum atomic E-state index is -5.12. The lowest BCUT2D eigenvalue weighted by Crippen LogP contribution is -2.21. The van der Waals surface area contributed by atoms with Crippen molar-refractivity contribution in [2.24, 2.45) is 0 Å². The van der Waals surface area contributed by atoms with Gasteiger partial charge in [0.05, 0.1) is 16.1 Å².